The number of benzene rings is 4. The number of ketones is 1. The number of hydrogen-bond donors (Lipinski definition) is 0. The highest BCUT2D eigenvalue weighted by atomic mass is 16.5. The average Bonchev–Trinajstić information content (AvgIpc) is 2.95. The lowest BCUT2D eigenvalue weighted by molar-refractivity contribution is -0.132. The van der Waals surface area contributed by atoms with Gasteiger partial charge in [0.15, 0.2) is 5.78 Å². The van der Waals surface area contributed by atoms with Crippen LogP contribution in [0.25, 0.3) is 6.08 Å². The Labute approximate surface area is 232 Å². The van der Waals surface area contributed by atoms with Crippen molar-refractivity contribution in [3.63, 3.8) is 0 Å². The highest BCUT2D eigenvalue weighted by Crippen LogP contribution is 2.29. The van der Waals surface area contributed by atoms with Gasteiger partial charge in [0, 0.05) is 31.5 Å². The molecule has 0 radical (unpaired) electrons. The molecule has 0 aliphatic heterocycles. The van der Waals surface area contributed by atoms with E-state index in [9.17, 15) is 14.4 Å². The van der Waals surface area contributed by atoms with Crippen molar-refractivity contribution < 1.29 is 33.3 Å². The number of esters is 2. The molecule has 0 aromatic heterocycles. The van der Waals surface area contributed by atoms with Gasteiger partial charge in [0.25, 0.3) is 0 Å². The minimum Gasteiger partial charge on any atom is -0.489 e. The smallest absolute Gasteiger partial charge is 0.308 e. The zero-order valence-corrected chi connectivity index (χ0v) is 22.2. The van der Waals surface area contributed by atoms with Crippen LogP contribution in [-0.4, -0.2) is 17.7 Å². The van der Waals surface area contributed by atoms with Crippen LogP contribution in [0.2, 0.25) is 0 Å². The van der Waals surface area contributed by atoms with Gasteiger partial charge in [-0.2, -0.15) is 0 Å². The molecule has 0 unspecified atom stereocenters. The van der Waals surface area contributed by atoms with E-state index in [2.05, 4.69) is 0 Å². The first-order valence-corrected chi connectivity index (χ1v) is 12.6. The van der Waals surface area contributed by atoms with Gasteiger partial charge in [0.1, 0.15) is 36.2 Å². The first-order chi connectivity index (χ1) is 19.4. The minimum atomic E-state index is -0.568. The number of ether oxygens (including phenoxy) is 4. The molecule has 0 N–H and O–H groups in total. The standard InChI is InChI=1S/C33H28O7/c1-23(34)39-32-19-28(37-21-25-9-5-3-6-10-25)15-13-27(32)14-18-31(36)30-17-16-29(20-33(30)40-24(2)35)38-22-26-11-7-4-8-12-26/h3-20H,21-22H2,1-2H3. The van der Waals surface area contributed by atoms with E-state index < -0.39 is 17.7 Å². The molecule has 40 heavy (non-hydrogen) atoms. The van der Waals surface area contributed by atoms with Gasteiger partial charge >= 0.3 is 11.9 Å². The maximum absolute atomic E-state index is 13.1. The second kappa shape index (κ2) is 13.6. The monoisotopic (exact) mass is 536 g/mol. The van der Waals surface area contributed by atoms with Gasteiger partial charge in [-0.05, 0) is 47.5 Å². The highest BCUT2D eigenvalue weighted by molar-refractivity contribution is 6.09. The lowest BCUT2D eigenvalue weighted by atomic mass is 10.1. The molecule has 202 valence electrons. The first kappa shape index (κ1) is 27.9. The van der Waals surface area contributed by atoms with E-state index in [4.69, 9.17) is 18.9 Å². The van der Waals surface area contributed by atoms with Gasteiger partial charge in [0.2, 0.25) is 0 Å². The summed E-state index contributed by atoms with van der Waals surface area (Å²) in [5, 5.41) is 0. The molecule has 0 atom stereocenters. The second-order valence-electron chi connectivity index (χ2n) is 8.79. The van der Waals surface area contributed by atoms with E-state index in [1.165, 1.54) is 32.1 Å². The van der Waals surface area contributed by atoms with E-state index in [0.717, 1.165) is 11.1 Å². The Morgan fingerprint density at radius 1 is 0.625 bits per heavy atom. The first-order valence-electron chi connectivity index (χ1n) is 12.6. The summed E-state index contributed by atoms with van der Waals surface area (Å²) < 4.78 is 22.3. The maximum atomic E-state index is 13.1. The van der Waals surface area contributed by atoms with E-state index in [0.29, 0.717) is 30.3 Å². The van der Waals surface area contributed by atoms with Crippen molar-refractivity contribution in [3.05, 3.63) is 125 Å². The Hall–Kier alpha value is -5.17. The van der Waals surface area contributed by atoms with Gasteiger partial charge in [0.05, 0.1) is 5.56 Å². The predicted molar refractivity (Wildman–Crippen MR) is 150 cm³/mol. The molecule has 7 nitrogen and oxygen atoms in total. The van der Waals surface area contributed by atoms with Crippen LogP contribution in [0.4, 0.5) is 0 Å². The van der Waals surface area contributed by atoms with Crippen LogP contribution in [0.15, 0.2) is 103 Å². The Bertz CT molecular complexity index is 1510. The Balaban J connectivity index is 1.51. The summed E-state index contributed by atoms with van der Waals surface area (Å²) in [5.74, 6) is -0.213. The summed E-state index contributed by atoms with van der Waals surface area (Å²) in [6.45, 7) is 3.22. The fraction of sp³-hybridized carbons (Fsp3) is 0.121. The van der Waals surface area contributed by atoms with E-state index in [-0.39, 0.29) is 17.1 Å². The molecular formula is C33H28O7. The van der Waals surface area contributed by atoms with Gasteiger partial charge in [-0.25, -0.2) is 0 Å². The van der Waals surface area contributed by atoms with Gasteiger partial charge < -0.3 is 18.9 Å². The summed E-state index contributed by atoms with van der Waals surface area (Å²) >= 11 is 0. The van der Waals surface area contributed by atoms with Gasteiger partial charge in [-0.3, -0.25) is 14.4 Å². The number of hydrogen-bond acceptors (Lipinski definition) is 7. The molecule has 0 aliphatic carbocycles. The topological polar surface area (TPSA) is 88.1 Å². The summed E-state index contributed by atoms with van der Waals surface area (Å²) in [7, 11) is 0. The van der Waals surface area contributed by atoms with Gasteiger partial charge in [-0.15, -0.1) is 0 Å². The Morgan fingerprint density at radius 3 is 1.68 bits per heavy atom. The Kier molecular flexibility index (Phi) is 9.45. The molecular weight excluding hydrogens is 508 g/mol. The molecule has 4 aromatic carbocycles. The summed E-state index contributed by atoms with van der Waals surface area (Å²) in [6, 6.07) is 29.0. The van der Waals surface area contributed by atoms with Crippen LogP contribution < -0.4 is 18.9 Å². The molecule has 0 saturated carbocycles. The largest absolute Gasteiger partial charge is 0.489 e. The van der Waals surface area contributed by atoms with Crippen molar-refractivity contribution in [2.75, 3.05) is 0 Å². The van der Waals surface area contributed by atoms with Crippen LogP contribution in [0.5, 0.6) is 23.0 Å². The fourth-order valence-electron chi connectivity index (χ4n) is 3.76. The average molecular weight is 537 g/mol. The molecule has 0 fully saturated rings. The van der Waals surface area contributed by atoms with E-state index in [1.807, 2.05) is 60.7 Å². The quantitative estimate of drug-likeness (QED) is 0.0925. The SMILES string of the molecule is CC(=O)Oc1cc(OCc2ccccc2)ccc1C=CC(=O)c1ccc(OCc2ccccc2)cc1OC(C)=O. The lowest BCUT2D eigenvalue weighted by Crippen LogP contribution is -2.07. The van der Waals surface area contributed by atoms with E-state index in [1.54, 1.807) is 30.3 Å². The zero-order chi connectivity index (χ0) is 28.3. The van der Waals surface area contributed by atoms with Crippen LogP contribution in [-0.2, 0) is 22.8 Å². The normalized spacial score (nSPS) is 10.7. The number of allylic oxidation sites excluding steroid dienone is 1. The molecule has 0 aliphatic rings. The third-order valence-electron chi connectivity index (χ3n) is 5.62. The predicted octanol–water partition coefficient (Wildman–Crippen LogP) is 6.59. The summed E-state index contributed by atoms with van der Waals surface area (Å²) in [6.07, 6.45) is 2.85. The van der Waals surface area contributed by atoms with Crippen molar-refractivity contribution >= 4 is 23.8 Å². The maximum Gasteiger partial charge on any atom is 0.308 e. The Morgan fingerprint density at radius 2 is 1.12 bits per heavy atom. The molecule has 4 rings (SSSR count). The van der Waals surface area contributed by atoms with Gasteiger partial charge in [-0.1, -0.05) is 60.7 Å². The van der Waals surface area contributed by atoms with Crippen LogP contribution in [0, 0.1) is 0 Å². The van der Waals surface area contributed by atoms with Crippen LogP contribution >= 0.6 is 0 Å². The van der Waals surface area contributed by atoms with Crippen molar-refractivity contribution in [1.82, 2.24) is 0 Å². The van der Waals surface area contributed by atoms with E-state index >= 15 is 0 Å². The third kappa shape index (κ3) is 8.16. The molecule has 0 bridgehead atoms. The number of carbonyl (C=O) groups is 3. The minimum absolute atomic E-state index is 0.0811. The molecule has 7 heteroatoms. The van der Waals surface area contributed by atoms with Crippen molar-refractivity contribution in [2.45, 2.75) is 27.1 Å². The zero-order valence-electron chi connectivity index (χ0n) is 22.2. The number of carbonyl (C=O) groups excluding carboxylic acids is 3. The third-order valence-corrected chi connectivity index (χ3v) is 5.62. The molecule has 0 amide bonds. The molecule has 4 aromatic rings. The summed E-state index contributed by atoms with van der Waals surface area (Å²) in [5.41, 5.74) is 2.63. The second-order valence-corrected chi connectivity index (χ2v) is 8.79. The van der Waals surface area contributed by atoms with Crippen LogP contribution in [0.1, 0.15) is 40.9 Å². The molecule has 0 saturated heterocycles. The number of rotatable bonds is 11. The fourth-order valence-corrected chi connectivity index (χ4v) is 3.76. The molecule has 0 spiro atoms. The van der Waals surface area contributed by atoms with Crippen molar-refractivity contribution in [1.29, 1.82) is 0 Å². The summed E-state index contributed by atoms with van der Waals surface area (Å²) in [4.78, 5) is 36.6. The molecule has 0 heterocycles. The van der Waals surface area contributed by atoms with Crippen molar-refractivity contribution in [2.24, 2.45) is 0 Å². The van der Waals surface area contributed by atoms with Crippen molar-refractivity contribution in [3.8, 4) is 23.0 Å². The lowest BCUT2D eigenvalue weighted by Gasteiger charge is -2.12. The highest BCUT2D eigenvalue weighted by Gasteiger charge is 2.15. The van der Waals surface area contributed by atoms with Crippen LogP contribution in [0.3, 0.4) is 0 Å².